The number of rotatable bonds is 5. The zero-order chi connectivity index (χ0) is 13.8. The summed E-state index contributed by atoms with van der Waals surface area (Å²) in [6.45, 7) is 2.07. The van der Waals surface area contributed by atoms with Crippen LogP contribution in [0.5, 0.6) is 5.75 Å². The van der Waals surface area contributed by atoms with Gasteiger partial charge in [0.2, 0.25) is 0 Å². The topological polar surface area (TPSA) is 60.2 Å². The second kappa shape index (κ2) is 6.16. The van der Waals surface area contributed by atoms with Gasteiger partial charge in [-0.1, -0.05) is 21.1 Å². The number of nitrogens with zero attached hydrogens (tertiary/aromatic N) is 2. The van der Waals surface area contributed by atoms with Crippen molar-refractivity contribution in [2.45, 2.75) is 19.4 Å². The normalized spacial score (nSPS) is 12.4. The molecule has 1 unspecified atom stereocenters. The number of likely N-dealkylation sites (N-methyl/N-ethyl adjacent to an activating group) is 1. The standard InChI is InChI=1S/C13H16BrN3O2/c1-8(15-2)6-12-16-13(19-17-12)10-5-4-9(14)7-11(10)18-3/h4-5,7-8,15H,6H2,1-3H3. The molecule has 1 aromatic heterocycles. The van der Waals surface area contributed by atoms with Crippen molar-refractivity contribution in [1.29, 1.82) is 0 Å². The first-order valence-corrected chi connectivity index (χ1v) is 6.77. The molecular weight excluding hydrogens is 310 g/mol. The minimum absolute atomic E-state index is 0.303. The number of ether oxygens (including phenoxy) is 1. The number of hydrogen-bond acceptors (Lipinski definition) is 5. The highest BCUT2D eigenvalue weighted by Gasteiger charge is 2.15. The summed E-state index contributed by atoms with van der Waals surface area (Å²) in [6.07, 6.45) is 0.721. The average molecular weight is 326 g/mol. The van der Waals surface area contributed by atoms with Crippen molar-refractivity contribution in [2.24, 2.45) is 0 Å². The van der Waals surface area contributed by atoms with E-state index in [-0.39, 0.29) is 0 Å². The minimum Gasteiger partial charge on any atom is -0.496 e. The Balaban J connectivity index is 2.27. The highest BCUT2D eigenvalue weighted by molar-refractivity contribution is 9.10. The second-order valence-electron chi connectivity index (χ2n) is 4.25. The predicted octanol–water partition coefficient (Wildman–Crippen LogP) is 2.66. The Morgan fingerprint density at radius 2 is 2.26 bits per heavy atom. The van der Waals surface area contributed by atoms with Crippen LogP contribution in [0, 0.1) is 0 Å². The lowest BCUT2D eigenvalue weighted by Gasteiger charge is -2.05. The quantitative estimate of drug-likeness (QED) is 0.915. The van der Waals surface area contributed by atoms with Gasteiger partial charge in [-0.2, -0.15) is 4.98 Å². The van der Waals surface area contributed by atoms with E-state index < -0.39 is 0 Å². The molecule has 102 valence electrons. The molecule has 0 bridgehead atoms. The summed E-state index contributed by atoms with van der Waals surface area (Å²) in [7, 11) is 3.52. The molecule has 0 saturated carbocycles. The van der Waals surface area contributed by atoms with Crippen molar-refractivity contribution in [3.63, 3.8) is 0 Å². The maximum atomic E-state index is 5.32. The minimum atomic E-state index is 0.303. The van der Waals surface area contributed by atoms with Crippen LogP contribution >= 0.6 is 15.9 Å². The molecule has 0 aliphatic heterocycles. The van der Waals surface area contributed by atoms with Gasteiger partial charge in [0, 0.05) is 16.9 Å². The largest absolute Gasteiger partial charge is 0.496 e. The molecule has 1 aromatic carbocycles. The van der Waals surface area contributed by atoms with Gasteiger partial charge in [0.15, 0.2) is 5.82 Å². The van der Waals surface area contributed by atoms with Crippen LogP contribution in [0.15, 0.2) is 27.2 Å². The Labute approximate surface area is 120 Å². The summed E-state index contributed by atoms with van der Waals surface area (Å²) < 4.78 is 11.6. The summed E-state index contributed by atoms with van der Waals surface area (Å²) in [5, 5.41) is 7.12. The van der Waals surface area contributed by atoms with E-state index in [2.05, 4.69) is 38.3 Å². The molecule has 0 fully saturated rings. The fraction of sp³-hybridized carbons (Fsp3) is 0.385. The van der Waals surface area contributed by atoms with Crippen molar-refractivity contribution in [3.05, 3.63) is 28.5 Å². The first kappa shape index (κ1) is 14.0. The maximum absolute atomic E-state index is 5.32. The smallest absolute Gasteiger partial charge is 0.261 e. The van der Waals surface area contributed by atoms with Crippen molar-refractivity contribution >= 4 is 15.9 Å². The third kappa shape index (κ3) is 3.33. The summed E-state index contributed by atoms with van der Waals surface area (Å²) in [6, 6.07) is 5.98. The van der Waals surface area contributed by atoms with Crippen LogP contribution < -0.4 is 10.1 Å². The number of aromatic nitrogens is 2. The molecule has 5 nitrogen and oxygen atoms in total. The Hall–Kier alpha value is -1.40. The molecule has 0 aliphatic rings. The zero-order valence-corrected chi connectivity index (χ0v) is 12.7. The maximum Gasteiger partial charge on any atom is 0.261 e. The van der Waals surface area contributed by atoms with Gasteiger partial charge in [0.05, 0.1) is 12.7 Å². The molecule has 1 atom stereocenters. The molecule has 2 aromatic rings. The number of hydrogen-bond donors (Lipinski definition) is 1. The van der Waals surface area contributed by atoms with Gasteiger partial charge in [0.25, 0.3) is 5.89 Å². The average Bonchev–Trinajstić information content (AvgIpc) is 2.86. The predicted molar refractivity (Wildman–Crippen MR) is 76.2 cm³/mol. The molecule has 0 spiro atoms. The van der Waals surface area contributed by atoms with E-state index in [1.165, 1.54) is 0 Å². The summed E-state index contributed by atoms with van der Waals surface area (Å²) in [4.78, 5) is 4.39. The lowest BCUT2D eigenvalue weighted by molar-refractivity contribution is 0.401. The number of nitrogens with one attached hydrogen (secondary N) is 1. The third-order valence-electron chi connectivity index (χ3n) is 2.84. The summed E-state index contributed by atoms with van der Waals surface area (Å²) in [5.74, 6) is 1.86. The molecule has 0 amide bonds. The Morgan fingerprint density at radius 3 is 2.95 bits per heavy atom. The molecule has 19 heavy (non-hydrogen) atoms. The lowest BCUT2D eigenvalue weighted by Crippen LogP contribution is -2.24. The monoisotopic (exact) mass is 325 g/mol. The zero-order valence-electron chi connectivity index (χ0n) is 11.1. The van der Waals surface area contributed by atoms with Crippen LogP contribution in [0.1, 0.15) is 12.7 Å². The van der Waals surface area contributed by atoms with E-state index >= 15 is 0 Å². The Bertz CT molecular complexity index is 557. The summed E-state index contributed by atoms with van der Waals surface area (Å²) in [5.41, 5.74) is 0.793. The molecule has 0 saturated heterocycles. The van der Waals surface area contributed by atoms with E-state index in [4.69, 9.17) is 9.26 Å². The van der Waals surface area contributed by atoms with Crippen molar-refractivity contribution in [3.8, 4) is 17.2 Å². The van der Waals surface area contributed by atoms with Gasteiger partial charge in [0.1, 0.15) is 5.75 Å². The highest BCUT2D eigenvalue weighted by Crippen LogP contribution is 2.31. The highest BCUT2D eigenvalue weighted by atomic mass is 79.9. The number of halogens is 1. The third-order valence-corrected chi connectivity index (χ3v) is 3.34. The van der Waals surface area contributed by atoms with Gasteiger partial charge in [-0.05, 0) is 32.2 Å². The first-order valence-electron chi connectivity index (χ1n) is 5.97. The molecule has 2 rings (SSSR count). The molecule has 6 heteroatoms. The van der Waals surface area contributed by atoms with E-state index in [0.717, 1.165) is 16.5 Å². The van der Waals surface area contributed by atoms with Gasteiger partial charge in [-0.25, -0.2) is 0 Å². The Kier molecular flexibility index (Phi) is 4.55. The van der Waals surface area contributed by atoms with Gasteiger partial charge < -0.3 is 14.6 Å². The van der Waals surface area contributed by atoms with Crippen LogP contribution in [0.4, 0.5) is 0 Å². The van der Waals surface area contributed by atoms with Crippen LogP contribution in [0.3, 0.4) is 0 Å². The second-order valence-corrected chi connectivity index (χ2v) is 5.17. The van der Waals surface area contributed by atoms with E-state index in [1.54, 1.807) is 7.11 Å². The summed E-state index contributed by atoms with van der Waals surface area (Å²) >= 11 is 3.40. The van der Waals surface area contributed by atoms with E-state index in [9.17, 15) is 0 Å². The van der Waals surface area contributed by atoms with Gasteiger partial charge in [-0.15, -0.1) is 0 Å². The Morgan fingerprint density at radius 1 is 1.47 bits per heavy atom. The number of benzene rings is 1. The molecule has 1 heterocycles. The van der Waals surface area contributed by atoms with Crippen LogP contribution in [-0.2, 0) is 6.42 Å². The van der Waals surface area contributed by atoms with Crippen molar-refractivity contribution in [1.82, 2.24) is 15.5 Å². The SMILES string of the molecule is CNC(C)Cc1noc(-c2ccc(Br)cc2OC)n1. The number of methoxy groups -OCH3 is 1. The molecule has 0 radical (unpaired) electrons. The van der Waals surface area contributed by atoms with Crippen molar-refractivity contribution in [2.75, 3.05) is 14.2 Å². The molecular formula is C13H16BrN3O2. The van der Waals surface area contributed by atoms with Gasteiger partial charge >= 0.3 is 0 Å². The molecule has 0 aliphatic carbocycles. The van der Waals surface area contributed by atoms with E-state index in [0.29, 0.717) is 23.5 Å². The van der Waals surface area contributed by atoms with Crippen LogP contribution in [0.2, 0.25) is 0 Å². The van der Waals surface area contributed by atoms with E-state index in [1.807, 2.05) is 25.2 Å². The molecule has 1 N–H and O–H groups in total. The fourth-order valence-corrected chi connectivity index (χ4v) is 2.00. The lowest BCUT2D eigenvalue weighted by atomic mass is 10.2. The first-order chi connectivity index (χ1) is 9.13. The fourth-order valence-electron chi connectivity index (χ4n) is 1.66. The van der Waals surface area contributed by atoms with Gasteiger partial charge in [-0.3, -0.25) is 0 Å². The van der Waals surface area contributed by atoms with Crippen LogP contribution in [-0.4, -0.2) is 30.3 Å². The van der Waals surface area contributed by atoms with Crippen molar-refractivity contribution < 1.29 is 9.26 Å². The van der Waals surface area contributed by atoms with Crippen LogP contribution in [0.25, 0.3) is 11.5 Å².